The van der Waals surface area contributed by atoms with Crippen LogP contribution in [0.1, 0.15) is 49.4 Å². The van der Waals surface area contributed by atoms with E-state index in [2.05, 4.69) is 27.2 Å². The molecule has 2 aromatic rings. The van der Waals surface area contributed by atoms with Gasteiger partial charge in [-0.1, -0.05) is 12.1 Å². The van der Waals surface area contributed by atoms with Crippen molar-refractivity contribution in [3.63, 3.8) is 0 Å². The van der Waals surface area contributed by atoms with E-state index in [0.29, 0.717) is 29.6 Å². The third-order valence-electron chi connectivity index (χ3n) is 6.46. The summed E-state index contributed by atoms with van der Waals surface area (Å²) in [6.45, 7) is 8.16. The van der Waals surface area contributed by atoms with Crippen LogP contribution in [0, 0.1) is 5.92 Å². The molecule has 7 heteroatoms. The van der Waals surface area contributed by atoms with Crippen molar-refractivity contribution in [2.45, 2.75) is 39.0 Å². The number of ether oxygens (including phenoxy) is 1. The van der Waals surface area contributed by atoms with E-state index in [0.717, 1.165) is 63.2 Å². The molecule has 0 aliphatic carbocycles. The van der Waals surface area contributed by atoms with Crippen LogP contribution in [0.5, 0.6) is 5.75 Å². The number of anilines is 1. The van der Waals surface area contributed by atoms with Gasteiger partial charge in [0.25, 0.3) is 5.91 Å². The van der Waals surface area contributed by atoms with E-state index in [1.165, 1.54) is 13.0 Å². The quantitative estimate of drug-likeness (QED) is 0.692. The molecule has 2 aliphatic heterocycles. The molecule has 31 heavy (non-hydrogen) atoms. The van der Waals surface area contributed by atoms with Gasteiger partial charge in [0.1, 0.15) is 11.3 Å². The molecule has 0 spiro atoms. The van der Waals surface area contributed by atoms with Gasteiger partial charge < -0.3 is 24.4 Å². The number of hydrogen-bond acceptors (Lipinski definition) is 6. The normalized spacial score (nSPS) is 17.8. The van der Waals surface area contributed by atoms with E-state index in [9.17, 15) is 4.79 Å². The highest BCUT2D eigenvalue weighted by Crippen LogP contribution is 2.34. The van der Waals surface area contributed by atoms with E-state index < -0.39 is 0 Å². The zero-order valence-electron chi connectivity index (χ0n) is 18.7. The molecule has 1 N–H and O–H groups in total. The van der Waals surface area contributed by atoms with E-state index in [4.69, 9.17) is 9.26 Å². The Morgan fingerprint density at radius 2 is 1.87 bits per heavy atom. The first-order chi connectivity index (χ1) is 15.2. The van der Waals surface area contributed by atoms with Crippen molar-refractivity contribution in [3.8, 4) is 17.1 Å². The van der Waals surface area contributed by atoms with Gasteiger partial charge in [0.05, 0.1) is 7.11 Å². The minimum atomic E-state index is -0.0926. The standard InChI is InChI=1S/C24H34N4O3/c1-3-12-27-15-10-18(11-16-27)17-25-24(29)21-22(19-6-8-20(30-2)9-7-19)31-26-23(21)28-13-4-5-14-28/h6-9,18H,3-5,10-17H2,1-2H3,(H,25,29). The lowest BCUT2D eigenvalue weighted by Crippen LogP contribution is -2.39. The largest absolute Gasteiger partial charge is 0.497 e. The fourth-order valence-electron chi connectivity index (χ4n) is 4.63. The molecule has 0 atom stereocenters. The molecule has 2 aliphatic rings. The van der Waals surface area contributed by atoms with E-state index in [-0.39, 0.29) is 5.91 Å². The van der Waals surface area contributed by atoms with Gasteiger partial charge in [-0.05, 0) is 81.9 Å². The van der Waals surface area contributed by atoms with E-state index in [1.807, 2.05) is 24.3 Å². The van der Waals surface area contributed by atoms with Crippen LogP contribution < -0.4 is 15.0 Å². The van der Waals surface area contributed by atoms with Crippen molar-refractivity contribution in [2.24, 2.45) is 5.92 Å². The van der Waals surface area contributed by atoms with Crippen molar-refractivity contribution in [2.75, 3.05) is 51.3 Å². The molecule has 0 bridgehead atoms. The smallest absolute Gasteiger partial charge is 0.259 e. The van der Waals surface area contributed by atoms with Gasteiger partial charge in [-0.25, -0.2) is 0 Å². The maximum atomic E-state index is 13.3. The first kappa shape index (κ1) is 21.7. The summed E-state index contributed by atoms with van der Waals surface area (Å²) in [6, 6.07) is 7.57. The summed E-state index contributed by atoms with van der Waals surface area (Å²) in [4.78, 5) is 18.0. The predicted octanol–water partition coefficient (Wildman–Crippen LogP) is 3.80. The number of benzene rings is 1. The second kappa shape index (κ2) is 10.2. The molecule has 4 rings (SSSR count). The van der Waals surface area contributed by atoms with Gasteiger partial charge in [0.15, 0.2) is 11.6 Å². The third kappa shape index (κ3) is 5.03. The SMILES string of the molecule is CCCN1CCC(CNC(=O)c2c(N3CCCC3)noc2-c2ccc(OC)cc2)CC1. The molecule has 0 saturated carbocycles. The lowest BCUT2D eigenvalue weighted by Gasteiger charge is -2.31. The Morgan fingerprint density at radius 3 is 2.52 bits per heavy atom. The van der Waals surface area contributed by atoms with Crippen molar-refractivity contribution >= 4 is 11.7 Å². The number of likely N-dealkylation sites (tertiary alicyclic amines) is 1. The Labute approximate surface area is 184 Å². The van der Waals surface area contributed by atoms with Crippen LogP contribution in [0.4, 0.5) is 5.82 Å². The average molecular weight is 427 g/mol. The van der Waals surface area contributed by atoms with Crippen molar-refractivity contribution in [3.05, 3.63) is 29.8 Å². The molecule has 3 heterocycles. The summed E-state index contributed by atoms with van der Waals surface area (Å²) in [5.41, 5.74) is 1.38. The molecule has 2 fully saturated rings. The molecule has 1 aromatic heterocycles. The Bertz CT molecular complexity index is 850. The molecule has 2 saturated heterocycles. The van der Waals surface area contributed by atoms with Crippen LogP contribution >= 0.6 is 0 Å². The molecular formula is C24H34N4O3. The van der Waals surface area contributed by atoms with Crippen LogP contribution in [0.25, 0.3) is 11.3 Å². The lowest BCUT2D eigenvalue weighted by molar-refractivity contribution is 0.0937. The number of aromatic nitrogens is 1. The fraction of sp³-hybridized carbons (Fsp3) is 0.583. The summed E-state index contributed by atoms with van der Waals surface area (Å²) in [5, 5.41) is 7.50. The molecular weight excluding hydrogens is 392 g/mol. The summed E-state index contributed by atoms with van der Waals surface area (Å²) in [5.74, 6) is 2.39. The van der Waals surface area contributed by atoms with Crippen LogP contribution in [-0.4, -0.2) is 62.3 Å². The number of nitrogens with zero attached hydrogens (tertiary/aromatic N) is 3. The minimum Gasteiger partial charge on any atom is -0.497 e. The van der Waals surface area contributed by atoms with Gasteiger partial charge in [0, 0.05) is 25.2 Å². The Hall–Kier alpha value is -2.54. The van der Waals surface area contributed by atoms with Crippen molar-refractivity contribution in [1.29, 1.82) is 0 Å². The summed E-state index contributed by atoms with van der Waals surface area (Å²) in [6.07, 6.45) is 5.69. The second-order valence-corrected chi connectivity index (χ2v) is 8.63. The van der Waals surface area contributed by atoms with Gasteiger partial charge >= 0.3 is 0 Å². The minimum absolute atomic E-state index is 0.0926. The van der Waals surface area contributed by atoms with Gasteiger partial charge in [-0.3, -0.25) is 4.79 Å². The topological polar surface area (TPSA) is 70.8 Å². The van der Waals surface area contributed by atoms with Crippen molar-refractivity contribution in [1.82, 2.24) is 15.4 Å². The number of nitrogens with one attached hydrogen (secondary N) is 1. The number of amides is 1. The van der Waals surface area contributed by atoms with E-state index in [1.54, 1.807) is 7.11 Å². The number of methoxy groups -OCH3 is 1. The Kier molecular flexibility index (Phi) is 7.12. The van der Waals surface area contributed by atoms with Gasteiger partial charge in [0.2, 0.25) is 0 Å². The molecule has 168 valence electrons. The number of piperidine rings is 1. The molecule has 0 unspecified atom stereocenters. The van der Waals surface area contributed by atoms with Crippen molar-refractivity contribution < 1.29 is 14.1 Å². The summed E-state index contributed by atoms with van der Waals surface area (Å²) < 4.78 is 11.0. The summed E-state index contributed by atoms with van der Waals surface area (Å²) >= 11 is 0. The first-order valence-corrected chi connectivity index (χ1v) is 11.6. The monoisotopic (exact) mass is 426 g/mol. The van der Waals surface area contributed by atoms with Gasteiger partial charge in [-0.2, -0.15) is 0 Å². The second-order valence-electron chi connectivity index (χ2n) is 8.63. The number of hydrogen-bond donors (Lipinski definition) is 1. The first-order valence-electron chi connectivity index (χ1n) is 11.6. The highest BCUT2D eigenvalue weighted by Gasteiger charge is 2.29. The zero-order valence-corrected chi connectivity index (χ0v) is 18.7. The number of rotatable bonds is 8. The number of carbonyl (C=O) groups is 1. The third-order valence-corrected chi connectivity index (χ3v) is 6.46. The Balaban J connectivity index is 1.49. The zero-order chi connectivity index (χ0) is 21.6. The average Bonchev–Trinajstić information content (AvgIpc) is 3.48. The van der Waals surface area contributed by atoms with Crippen LogP contribution in [-0.2, 0) is 0 Å². The fourth-order valence-corrected chi connectivity index (χ4v) is 4.63. The highest BCUT2D eigenvalue weighted by molar-refractivity contribution is 6.04. The number of carbonyl (C=O) groups excluding carboxylic acids is 1. The lowest BCUT2D eigenvalue weighted by atomic mass is 9.96. The summed E-state index contributed by atoms with van der Waals surface area (Å²) in [7, 11) is 1.64. The van der Waals surface area contributed by atoms with Crippen LogP contribution in [0.15, 0.2) is 28.8 Å². The molecule has 1 aromatic carbocycles. The molecule has 0 radical (unpaired) electrons. The van der Waals surface area contributed by atoms with Crippen LogP contribution in [0.2, 0.25) is 0 Å². The van der Waals surface area contributed by atoms with Gasteiger partial charge in [-0.15, -0.1) is 0 Å². The molecule has 1 amide bonds. The maximum Gasteiger partial charge on any atom is 0.259 e. The Morgan fingerprint density at radius 1 is 1.16 bits per heavy atom. The van der Waals surface area contributed by atoms with Crippen LogP contribution in [0.3, 0.4) is 0 Å². The molecule has 7 nitrogen and oxygen atoms in total. The van der Waals surface area contributed by atoms with E-state index >= 15 is 0 Å². The predicted molar refractivity (Wildman–Crippen MR) is 122 cm³/mol. The maximum absolute atomic E-state index is 13.3. The highest BCUT2D eigenvalue weighted by atomic mass is 16.5.